The lowest BCUT2D eigenvalue weighted by Gasteiger charge is -2.40. The fraction of sp³-hybridized carbons (Fsp3) is 0.458. The minimum atomic E-state index is -0.745. The molecule has 0 aliphatic carbocycles. The quantitative estimate of drug-likeness (QED) is 0.421. The first-order chi connectivity index (χ1) is 17.6. The van der Waals surface area contributed by atoms with Crippen molar-refractivity contribution in [1.82, 2.24) is 20.4 Å². The van der Waals surface area contributed by atoms with E-state index in [0.29, 0.717) is 16.9 Å². The Morgan fingerprint density at radius 2 is 2.00 bits per heavy atom. The Bertz CT molecular complexity index is 1160. The molecule has 11 nitrogen and oxygen atoms in total. The molecule has 2 aliphatic rings. The van der Waals surface area contributed by atoms with E-state index in [4.69, 9.17) is 9.47 Å². The van der Waals surface area contributed by atoms with Gasteiger partial charge < -0.3 is 24.6 Å². The first-order valence-corrected chi connectivity index (χ1v) is 12.9. The molecule has 0 radical (unpaired) electrons. The van der Waals surface area contributed by atoms with Gasteiger partial charge in [0.25, 0.3) is 5.91 Å². The molecule has 2 aliphatic heterocycles. The molecule has 2 atom stereocenters. The van der Waals surface area contributed by atoms with Gasteiger partial charge in [-0.1, -0.05) is 23.5 Å². The SMILES string of the molecule is CCO[C@H](C(=O)Nc1nnc(N[C@@H]2CCN(c3cccnn3)C2)s1)c1cccc(N2CC(OC)C2)c1. The average Bonchev–Trinajstić information content (AvgIpc) is 3.52. The minimum Gasteiger partial charge on any atom is -0.378 e. The van der Waals surface area contributed by atoms with Crippen LogP contribution in [0.4, 0.5) is 21.8 Å². The summed E-state index contributed by atoms with van der Waals surface area (Å²) in [6, 6.07) is 11.9. The summed E-state index contributed by atoms with van der Waals surface area (Å²) in [6.07, 6.45) is 2.12. The first-order valence-electron chi connectivity index (χ1n) is 12.1. The normalized spacial score (nSPS) is 18.7. The predicted molar refractivity (Wildman–Crippen MR) is 139 cm³/mol. The van der Waals surface area contributed by atoms with Gasteiger partial charge in [-0.15, -0.1) is 15.3 Å². The van der Waals surface area contributed by atoms with E-state index in [1.165, 1.54) is 11.3 Å². The van der Waals surface area contributed by atoms with Gasteiger partial charge in [0.2, 0.25) is 10.3 Å². The number of rotatable bonds is 10. The number of amides is 1. The second-order valence-electron chi connectivity index (χ2n) is 8.75. The standard InChI is InChI=1S/C24H30N8O3S/c1-3-35-21(16-6-4-7-18(12-16)32-14-19(15-32)34-2)22(33)27-24-30-29-23(36-24)26-17-9-11-31(13-17)20-8-5-10-25-28-20/h4-8,10,12,17,19,21H,3,9,11,13-15H2,1-2H3,(H,26,29)(H,27,30,33)/t17-,21+/m1/s1. The van der Waals surface area contributed by atoms with Gasteiger partial charge in [0.1, 0.15) is 0 Å². The second kappa shape index (κ2) is 11.1. The van der Waals surface area contributed by atoms with Crippen molar-refractivity contribution in [2.75, 3.05) is 60.3 Å². The summed E-state index contributed by atoms with van der Waals surface area (Å²) in [5, 5.41) is 23.9. The van der Waals surface area contributed by atoms with E-state index in [2.05, 4.69) is 40.8 Å². The number of nitrogens with zero attached hydrogens (tertiary/aromatic N) is 6. The number of benzene rings is 1. The fourth-order valence-electron chi connectivity index (χ4n) is 4.40. The minimum absolute atomic E-state index is 0.210. The van der Waals surface area contributed by atoms with E-state index >= 15 is 0 Å². The number of methoxy groups -OCH3 is 1. The molecule has 190 valence electrons. The van der Waals surface area contributed by atoms with Crippen molar-refractivity contribution >= 4 is 39.0 Å². The summed E-state index contributed by atoms with van der Waals surface area (Å²) >= 11 is 1.31. The molecule has 36 heavy (non-hydrogen) atoms. The largest absolute Gasteiger partial charge is 0.378 e. The summed E-state index contributed by atoms with van der Waals surface area (Å²) in [7, 11) is 1.73. The Morgan fingerprint density at radius 3 is 2.78 bits per heavy atom. The summed E-state index contributed by atoms with van der Waals surface area (Å²) in [5.74, 6) is 0.593. The topological polar surface area (TPSA) is 118 Å². The summed E-state index contributed by atoms with van der Waals surface area (Å²) in [5.41, 5.74) is 1.85. The molecule has 0 unspecified atom stereocenters. The van der Waals surface area contributed by atoms with Crippen LogP contribution in [0.25, 0.3) is 0 Å². The maximum absolute atomic E-state index is 13.1. The van der Waals surface area contributed by atoms with Gasteiger partial charge >= 0.3 is 0 Å². The predicted octanol–water partition coefficient (Wildman–Crippen LogP) is 2.57. The van der Waals surface area contributed by atoms with Gasteiger partial charge in [0.15, 0.2) is 11.9 Å². The number of aromatic nitrogens is 4. The molecule has 2 fully saturated rings. The van der Waals surface area contributed by atoms with Crippen molar-refractivity contribution in [1.29, 1.82) is 0 Å². The molecule has 2 N–H and O–H groups in total. The number of anilines is 4. The molecule has 0 bridgehead atoms. The maximum Gasteiger partial charge on any atom is 0.259 e. The van der Waals surface area contributed by atoms with Crippen molar-refractivity contribution in [3.8, 4) is 0 Å². The first kappa shape index (κ1) is 24.3. The van der Waals surface area contributed by atoms with Crippen LogP contribution in [-0.2, 0) is 14.3 Å². The third kappa shape index (κ3) is 5.55. The van der Waals surface area contributed by atoms with Crippen molar-refractivity contribution in [3.63, 3.8) is 0 Å². The lowest BCUT2D eigenvalue weighted by Crippen LogP contribution is -2.51. The summed E-state index contributed by atoms with van der Waals surface area (Å²) < 4.78 is 11.2. The van der Waals surface area contributed by atoms with Gasteiger partial charge in [-0.05, 0) is 43.2 Å². The van der Waals surface area contributed by atoms with Crippen LogP contribution >= 0.6 is 11.3 Å². The van der Waals surface area contributed by atoms with Crippen LogP contribution in [0, 0.1) is 0 Å². The highest BCUT2D eigenvalue weighted by Gasteiger charge is 2.29. The highest BCUT2D eigenvalue weighted by atomic mass is 32.1. The Hall–Kier alpha value is -3.35. The number of carbonyl (C=O) groups is 1. The molecule has 2 aromatic heterocycles. The molecule has 2 saturated heterocycles. The Balaban J connectivity index is 1.19. The van der Waals surface area contributed by atoms with E-state index in [1.54, 1.807) is 13.3 Å². The number of hydrogen-bond acceptors (Lipinski definition) is 11. The van der Waals surface area contributed by atoms with Crippen LogP contribution in [0.5, 0.6) is 0 Å². The molecule has 1 aromatic carbocycles. The molecule has 3 aromatic rings. The highest BCUT2D eigenvalue weighted by molar-refractivity contribution is 7.19. The van der Waals surface area contributed by atoms with Crippen molar-refractivity contribution in [3.05, 3.63) is 48.2 Å². The number of ether oxygens (including phenoxy) is 2. The fourth-order valence-corrected chi connectivity index (χ4v) is 5.12. The van der Waals surface area contributed by atoms with E-state index in [-0.39, 0.29) is 18.1 Å². The van der Waals surface area contributed by atoms with E-state index in [1.807, 2.05) is 43.3 Å². The van der Waals surface area contributed by atoms with E-state index in [0.717, 1.165) is 49.7 Å². The highest BCUT2D eigenvalue weighted by Crippen LogP contribution is 2.29. The summed E-state index contributed by atoms with van der Waals surface area (Å²) in [4.78, 5) is 17.6. The van der Waals surface area contributed by atoms with Crippen LogP contribution in [0.1, 0.15) is 25.0 Å². The molecular formula is C24H30N8O3S. The molecular weight excluding hydrogens is 480 g/mol. The van der Waals surface area contributed by atoms with Crippen molar-refractivity contribution in [2.24, 2.45) is 0 Å². The molecule has 0 saturated carbocycles. The molecule has 12 heteroatoms. The van der Waals surface area contributed by atoms with Crippen LogP contribution in [0.15, 0.2) is 42.6 Å². The Labute approximate surface area is 213 Å². The molecule has 4 heterocycles. The van der Waals surface area contributed by atoms with E-state index < -0.39 is 6.10 Å². The van der Waals surface area contributed by atoms with Gasteiger partial charge in [0, 0.05) is 57.8 Å². The summed E-state index contributed by atoms with van der Waals surface area (Å²) in [6.45, 7) is 5.64. The van der Waals surface area contributed by atoms with Crippen LogP contribution in [0.2, 0.25) is 0 Å². The van der Waals surface area contributed by atoms with Crippen molar-refractivity contribution in [2.45, 2.75) is 31.6 Å². The van der Waals surface area contributed by atoms with Gasteiger partial charge in [0.05, 0.1) is 6.10 Å². The zero-order chi connectivity index (χ0) is 24.9. The van der Waals surface area contributed by atoms with Gasteiger partial charge in [-0.25, -0.2) is 0 Å². The number of carbonyl (C=O) groups excluding carboxylic acids is 1. The molecule has 5 rings (SSSR count). The zero-order valence-corrected chi connectivity index (χ0v) is 21.1. The second-order valence-corrected chi connectivity index (χ2v) is 9.73. The smallest absolute Gasteiger partial charge is 0.259 e. The Morgan fingerprint density at radius 1 is 1.14 bits per heavy atom. The van der Waals surface area contributed by atoms with Crippen LogP contribution in [0.3, 0.4) is 0 Å². The maximum atomic E-state index is 13.1. The number of hydrogen-bond donors (Lipinski definition) is 2. The number of nitrogens with one attached hydrogen (secondary N) is 2. The van der Waals surface area contributed by atoms with Crippen LogP contribution in [-0.4, -0.2) is 78.3 Å². The third-order valence-corrected chi connectivity index (χ3v) is 7.11. The monoisotopic (exact) mass is 510 g/mol. The average molecular weight is 511 g/mol. The van der Waals surface area contributed by atoms with Gasteiger partial charge in [-0.3, -0.25) is 10.1 Å². The van der Waals surface area contributed by atoms with Gasteiger partial charge in [-0.2, -0.15) is 5.10 Å². The third-order valence-electron chi connectivity index (χ3n) is 6.34. The molecule has 1 amide bonds. The van der Waals surface area contributed by atoms with E-state index in [9.17, 15) is 4.79 Å². The van der Waals surface area contributed by atoms with Crippen molar-refractivity contribution < 1.29 is 14.3 Å². The Kier molecular flexibility index (Phi) is 7.54. The lowest BCUT2D eigenvalue weighted by molar-refractivity contribution is -0.127. The molecule has 0 spiro atoms. The lowest BCUT2D eigenvalue weighted by atomic mass is 10.0. The van der Waals surface area contributed by atoms with Crippen LogP contribution < -0.4 is 20.4 Å². The zero-order valence-electron chi connectivity index (χ0n) is 20.3.